The summed E-state index contributed by atoms with van der Waals surface area (Å²) in [6, 6.07) is 7.38. The van der Waals surface area contributed by atoms with Crippen LogP contribution in [0.5, 0.6) is 0 Å². The van der Waals surface area contributed by atoms with E-state index in [4.69, 9.17) is 4.74 Å². The summed E-state index contributed by atoms with van der Waals surface area (Å²) in [6.45, 7) is 9.23. The van der Waals surface area contributed by atoms with Gasteiger partial charge in [-0.1, -0.05) is 45.9 Å². The Balaban J connectivity index is 2.37. The first kappa shape index (κ1) is 18.5. The van der Waals surface area contributed by atoms with Crippen LogP contribution in [0.1, 0.15) is 39.2 Å². The summed E-state index contributed by atoms with van der Waals surface area (Å²) in [4.78, 5) is 11.9. The number of para-hydroxylation sites is 1. The molecular weight excluding hydrogens is 280 g/mol. The normalized spacial score (nSPS) is 12.5. The third-order valence-electron chi connectivity index (χ3n) is 3.09. The number of hydrogen-bond acceptors (Lipinski definition) is 3. The number of aliphatic hydroxyl groups is 1. The Morgan fingerprint density at radius 2 is 1.86 bits per heavy atom. The third-order valence-corrected chi connectivity index (χ3v) is 3.09. The van der Waals surface area contributed by atoms with Gasteiger partial charge in [0.05, 0.1) is 12.7 Å². The SMILES string of the molecule is CC(C)COCC(O)CNC(=O)Nc1ccccc1C(C)C. The number of carbonyl (C=O) groups excluding carboxylic acids is 1. The molecule has 0 spiro atoms. The molecule has 0 aliphatic carbocycles. The van der Waals surface area contributed by atoms with Gasteiger partial charge >= 0.3 is 6.03 Å². The molecule has 0 saturated carbocycles. The van der Waals surface area contributed by atoms with Crippen LogP contribution in [-0.2, 0) is 4.74 Å². The molecule has 22 heavy (non-hydrogen) atoms. The van der Waals surface area contributed by atoms with Crippen LogP contribution < -0.4 is 10.6 Å². The van der Waals surface area contributed by atoms with Gasteiger partial charge in [0.2, 0.25) is 0 Å². The van der Waals surface area contributed by atoms with Crippen molar-refractivity contribution in [1.29, 1.82) is 0 Å². The van der Waals surface area contributed by atoms with Gasteiger partial charge in [0.15, 0.2) is 0 Å². The highest BCUT2D eigenvalue weighted by Crippen LogP contribution is 2.23. The minimum Gasteiger partial charge on any atom is -0.389 e. The zero-order valence-corrected chi connectivity index (χ0v) is 13.9. The average molecular weight is 308 g/mol. The van der Waals surface area contributed by atoms with E-state index in [2.05, 4.69) is 24.5 Å². The van der Waals surface area contributed by atoms with Gasteiger partial charge in [-0.25, -0.2) is 4.79 Å². The quantitative estimate of drug-likeness (QED) is 0.691. The molecule has 0 fully saturated rings. The zero-order chi connectivity index (χ0) is 16.5. The van der Waals surface area contributed by atoms with Crippen LogP contribution in [0, 0.1) is 5.92 Å². The predicted octanol–water partition coefficient (Wildman–Crippen LogP) is 2.97. The first-order valence-electron chi connectivity index (χ1n) is 7.79. The van der Waals surface area contributed by atoms with Crippen molar-refractivity contribution in [3.8, 4) is 0 Å². The number of rotatable bonds is 8. The van der Waals surface area contributed by atoms with Crippen molar-refractivity contribution in [2.24, 2.45) is 5.92 Å². The summed E-state index contributed by atoms with van der Waals surface area (Å²) in [5.41, 5.74) is 1.87. The Morgan fingerprint density at radius 1 is 1.18 bits per heavy atom. The second-order valence-electron chi connectivity index (χ2n) is 6.16. The van der Waals surface area contributed by atoms with Crippen LogP contribution in [0.2, 0.25) is 0 Å². The third kappa shape index (κ3) is 6.91. The fourth-order valence-electron chi connectivity index (χ4n) is 1.99. The Morgan fingerprint density at radius 3 is 2.50 bits per heavy atom. The van der Waals surface area contributed by atoms with Gasteiger partial charge < -0.3 is 20.5 Å². The first-order chi connectivity index (χ1) is 10.4. The Hall–Kier alpha value is -1.59. The number of carbonyl (C=O) groups is 1. The van der Waals surface area contributed by atoms with Crippen molar-refractivity contribution in [3.05, 3.63) is 29.8 Å². The second kappa shape index (κ2) is 9.43. The van der Waals surface area contributed by atoms with E-state index in [1.807, 2.05) is 38.1 Å². The molecule has 1 rings (SSSR count). The highest BCUT2D eigenvalue weighted by molar-refractivity contribution is 5.90. The molecule has 2 amide bonds. The van der Waals surface area contributed by atoms with Crippen molar-refractivity contribution >= 4 is 11.7 Å². The Kier molecular flexibility index (Phi) is 7.91. The molecule has 1 aromatic carbocycles. The molecule has 0 aromatic heterocycles. The molecule has 5 heteroatoms. The van der Waals surface area contributed by atoms with Crippen LogP contribution in [-0.4, -0.2) is 37.0 Å². The van der Waals surface area contributed by atoms with Gasteiger partial charge in [-0.3, -0.25) is 0 Å². The van der Waals surface area contributed by atoms with Gasteiger partial charge in [0.25, 0.3) is 0 Å². The van der Waals surface area contributed by atoms with E-state index in [9.17, 15) is 9.90 Å². The zero-order valence-electron chi connectivity index (χ0n) is 13.9. The Labute approximate surface area is 133 Å². The lowest BCUT2D eigenvalue weighted by Gasteiger charge is -2.16. The van der Waals surface area contributed by atoms with Crippen molar-refractivity contribution in [1.82, 2.24) is 5.32 Å². The fraction of sp³-hybridized carbons (Fsp3) is 0.588. The summed E-state index contributed by atoms with van der Waals surface area (Å²) in [5.74, 6) is 0.752. The number of urea groups is 1. The molecule has 1 aromatic rings. The van der Waals surface area contributed by atoms with Gasteiger partial charge in [-0.05, 0) is 23.5 Å². The summed E-state index contributed by atoms with van der Waals surface area (Å²) in [7, 11) is 0. The number of ether oxygens (including phenoxy) is 1. The number of nitrogens with one attached hydrogen (secondary N) is 2. The molecular formula is C17H28N2O3. The van der Waals surface area contributed by atoms with Gasteiger partial charge in [0.1, 0.15) is 0 Å². The standard InChI is InChI=1S/C17H28N2O3/c1-12(2)10-22-11-14(20)9-18-17(21)19-16-8-6-5-7-15(16)13(3)4/h5-8,12-14,20H,9-11H2,1-4H3,(H2,18,19,21). The molecule has 1 unspecified atom stereocenters. The monoisotopic (exact) mass is 308 g/mol. The van der Waals surface area contributed by atoms with E-state index in [1.165, 1.54) is 0 Å². The van der Waals surface area contributed by atoms with E-state index in [1.54, 1.807) is 0 Å². The molecule has 0 bridgehead atoms. The predicted molar refractivity (Wildman–Crippen MR) is 89.2 cm³/mol. The summed E-state index contributed by atoms with van der Waals surface area (Å²) >= 11 is 0. The lowest BCUT2D eigenvalue weighted by molar-refractivity contribution is 0.0274. The molecule has 3 N–H and O–H groups in total. The minimum atomic E-state index is -0.704. The lowest BCUT2D eigenvalue weighted by Crippen LogP contribution is -2.37. The van der Waals surface area contributed by atoms with E-state index in [0.717, 1.165) is 11.3 Å². The van der Waals surface area contributed by atoms with E-state index < -0.39 is 6.10 Å². The number of hydrogen-bond donors (Lipinski definition) is 3. The average Bonchev–Trinajstić information content (AvgIpc) is 2.45. The van der Waals surface area contributed by atoms with Gasteiger partial charge in [-0.2, -0.15) is 0 Å². The van der Waals surface area contributed by atoms with Crippen molar-refractivity contribution in [2.45, 2.75) is 39.7 Å². The van der Waals surface area contributed by atoms with E-state index in [-0.39, 0.29) is 19.2 Å². The first-order valence-corrected chi connectivity index (χ1v) is 7.79. The number of amides is 2. The smallest absolute Gasteiger partial charge is 0.319 e. The summed E-state index contributed by atoms with van der Waals surface area (Å²) in [5, 5.41) is 15.2. The molecule has 0 radical (unpaired) electrons. The van der Waals surface area contributed by atoms with Crippen molar-refractivity contribution in [3.63, 3.8) is 0 Å². The largest absolute Gasteiger partial charge is 0.389 e. The maximum absolute atomic E-state index is 11.9. The number of anilines is 1. The van der Waals surface area contributed by atoms with Gasteiger partial charge in [-0.15, -0.1) is 0 Å². The van der Waals surface area contributed by atoms with Crippen LogP contribution in [0.4, 0.5) is 10.5 Å². The highest BCUT2D eigenvalue weighted by atomic mass is 16.5. The number of benzene rings is 1. The highest BCUT2D eigenvalue weighted by Gasteiger charge is 2.11. The molecule has 5 nitrogen and oxygen atoms in total. The molecule has 0 aliphatic rings. The summed E-state index contributed by atoms with van der Waals surface area (Å²) in [6.07, 6.45) is -0.704. The van der Waals surface area contributed by atoms with Crippen LogP contribution in [0.3, 0.4) is 0 Å². The Bertz CT molecular complexity index is 461. The fourth-order valence-corrected chi connectivity index (χ4v) is 1.99. The van der Waals surface area contributed by atoms with Crippen molar-refractivity contribution < 1.29 is 14.6 Å². The topological polar surface area (TPSA) is 70.6 Å². The van der Waals surface area contributed by atoms with Crippen LogP contribution >= 0.6 is 0 Å². The van der Waals surface area contributed by atoms with Gasteiger partial charge in [0, 0.05) is 18.8 Å². The lowest BCUT2D eigenvalue weighted by atomic mass is 10.0. The van der Waals surface area contributed by atoms with Crippen molar-refractivity contribution in [2.75, 3.05) is 25.1 Å². The second-order valence-corrected chi connectivity index (χ2v) is 6.16. The molecule has 0 saturated heterocycles. The molecule has 1 atom stereocenters. The maximum Gasteiger partial charge on any atom is 0.319 e. The maximum atomic E-state index is 11.9. The molecule has 124 valence electrons. The molecule has 0 heterocycles. The minimum absolute atomic E-state index is 0.160. The van der Waals surface area contributed by atoms with Crippen LogP contribution in [0.25, 0.3) is 0 Å². The van der Waals surface area contributed by atoms with E-state index in [0.29, 0.717) is 18.4 Å². The van der Waals surface area contributed by atoms with Crippen LogP contribution in [0.15, 0.2) is 24.3 Å². The summed E-state index contributed by atoms with van der Waals surface area (Å²) < 4.78 is 5.34. The van der Waals surface area contributed by atoms with E-state index >= 15 is 0 Å². The molecule has 0 aliphatic heterocycles. The number of aliphatic hydroxyl groups excluding tert-OH is 1.